The summed E-state index contributed by atoms with van der Waals surface area (Å²) in [5.74, 6) is 3.14. The van der Waals surface area contributed by atoms with E-state index >= 15 is 0 Å². The first-order valence-corrected chi connectivity index (χ1v) is 15.5. The highest BCUT2D eigenvalue weighted by Gasteiger charge is 2.37. The lowest BCUT2D eigenvalue weighted by Crippen LogP contribution is -2.38. The van der Waals surface area contributed by atoms with Crippen molar-refractivity contribution in [3.8, 4) is 22.9 Å². The van der Waals surface area contributed by atoms with Gasteiger partial charge in [0, 0.05) is 17.5 Å². The minimum atomic E-state index is -3.75. The van der Waals surface area contributed by atoms with E-state index < -0.39 is 9.84 Å². The highest BCUT2D eigenvalue weighted by Crippen LogP contribution is 2.38. The van der Waals surface area contributed by atoms with Crippen LogP contribution in [0.1, 0.15) is 46.0 Å². The fourth-order valence-electron chi connectivity index (χ4n) is 5.60. The fraction of sp³-hybridized carbons (Fsp3) is 0.235. The number of aromatic nitrogens is 4. The van der Waals surface area contributed by atoms with Crippen molar-refractivity contribution >= 4 is 31.9 Å². The maximum atomic E-state index is 13.6. The predicted octanol–water partition coefficient (Wildman–Crippen LogP) is 7.79. The number of aromatic amines is 1. The number of nitrogens with one attached hydrogen (secondary N) is 1. The van der Waals surface area contributed by atoms with Crippen LogP contribution in [0.2, 0.25) is 0 Å². The molecular formula is C34H32N4O3S. The van der Waals surface area contributed by atoms with Gasteiger partial charge in [-0.3, -0.25) is 0 Å². The van der Waals surface area contributed by atoms with Gasteiger partial charge in [0.15, 0.2) is 0 Å². The third-order valence-electron chi connectivity index (χ3n) is 8.04. The quantitative estimate of drug-likeness (QED) is 0.226. The normalized spacial score (nSPS) is 14.6. The van der Waals surface area contributed by atoms with Crippen LogP contribution in [0.15, 0.2) is 94.7 Å². The van der Waals surface area contributed by atoms with Gasteiger partial charge in [-0.25, -0.2) is 18.4 Å². The Morgan fingerprint density at radius 2 is 1.45 bits per heavy atom. The molecule has 0 spiro atoms. The molecule has 1 N–H and O–H groups in total. The third-order valence-corrected chi connectivity index (χ3v) is 9.79. The molecule has 0 saturated carbocycles. The van der Waals surface area contributed by atoms with E-state index in [1.807, 2.05) is 42.5 Å². The Balaban J connectivity index is 1.13. The summed E-state index contributed by atoms with van der Waals surface area (Å²) in [5, 5.41) is 0. The van der Waals surface area contributed by atoms with E-state index in [0.717, 1.165) is 34.9 Å². The Morgan fingerprint density at radius 1 is 0.810 bits per heavy atom. The minimum absolute atomic E-state index is 0.00708. The largest absolute Gasteiger partial charge is 0.457 e. The second-order valence-electron chi connectivity index (χ2n) is 12.7. The molecule has 0 bridgehead atoms. The molecule has 3 heterocycles. The molecule has 8 heteroatoms. The monoisotopic (exact) mass is 576 g/mol. The maximum Gasteiger partial charge on any atom is 0.206 e. The molecule has 6 aromatic rings. The van der Waals surface area contributed by atoms with Gasteiger partial charge in [-0.2, -0.15) is 0 Å². The van der Waals surface area contributed by atoms with Gasteiger partial charge >= 0.3 is 0 Å². The molecule has 42 heavy (non-hydrogen) atoms. The average molecular weight is 577 g/mol. The van der Waals surface area contributed by atoms with Gasteiger partial charge in [0.25, 0.3) is 0 Å². The molecule has 4 aromatic carbocycles. The zero-order valence-corrected chi connectivity index (χ0v) is 25.1. The van der Waals surface area contributed by atoms with E-state index in [0.29, 0.717) is 22.4 Å². The van der Waals surface area contributed by atoms with E-state index in [9.17, 15) is 8.42 Å². The van der Waals surface area contributed by atoms with Crippen molar-refractivity contribution in [2.45, 2.75) is 61.8 Å². The highest BCUT2D eigenvalue weighted by atomic mass is 32.2. The highest BCUT2D eigenvalue weighted by molar-refractivity contribution is 7.91. The van der Waals surface area contributed by atoms with Crippen molar-refractivity contribution in [1.82, 2.24) is 19.5 Å². The van der Waals surface area contributed by atoms with Crippen molar-refractivity contribution in [2.24, 2.45) is 0 Å². The number of hydrogen-bond acceptors (Lipinski definition) is 5. The van der Waals surface area contributed by atoms with Gasteiger partial charge in [-0.05, 0) is 83.8 Å². The second-order valence-corrected chi connectivity index (χ2v) is 14.7. The number of ether oxygens (including phenoxy) is 1. The Morgan fingerprint density at radius 3 is 2.12 bits per heavy atom. The molecule has 0 aliphatic carbocycles. The Kier molecular flexibility index (Phi) is 5.69. The molecule has 0 saturated heterocycles. The molecule has 0 radical (unpaired) electrons. The van der Waals surface area contributed by atoms with Crippen LogP contribution in [-0.2, 0) is 27.2 Å². The molecule has 1 aliphatic rings. The van der Waals surface area contributed by atoms with Gasteiger partial charge in [0.05, 0.1) is 31.9 Å². The van der Waals surface area contributed by atoms with Crippen LogP contribution in [-0.4, -0.2) is 27.9 Å². The number of nitrogens with zero attached hydrogens (tertiary/aromatic N) is 3. The van der Waals surface area contributed by atoms with Crippen molar-refractivity contribution in [3.63, 3.8) is 0 Å². The molecule has 212 valence electrons. The maximum absolute atomic E-state index is 13.6. The first-order chi connectivity index (χ1) is 19.9. The molecule has 0 unspecified atom stereocenters. The summed E-state index contributed by atoms with van der Waals surface area (Å²) in [6, 6.07) is 26.0. The Bertz CT molecular complexity index is 2100. The Hall–Kier alpha value is -4.43. The number of sulfone groups is 1. The van der Waals surface area contributed by atoms with Gasteiger partial charge in [-0.15, -0.1) is 0 Å². The van der Waals surface area contributed by atoms with E-state index in [2.05, 4.69) is 56.3 Å². The van der Waals surface area contributed by atoms with E-state index in [1.165, 1.54) is 5.56 Å². The summed E-state index contributed by atoms with van der Waals surface area (Å²) in [5.41, 5.74) is 5.23. The van der Waals surface area contributed by atoms with E-state index in [1.54, 1.807) is 30.3 Å². The molecule has 2 aromatic heterocycles. The van der Waals surface area contributed by atoms with E-state index in [4.69, 9.17) is 14.7 Å². The molecular weight excluding hydrogens is 544 g/mol. The van der Waals surface area contributed by atoms with Crippen molar-refractivity contribution < 1.29 is 13.2 Å². The SMILES string of the molecule is CC(C)(C)c1ccc(Oc2ccc(-c3nc4ccc(S(=O)(=O)c5ccc6c(c5)nc5n6CC5(C)C)cc4[nH]3)cc2)cc1. The van der Waals surface area contributed by atoms with Crippen LogP contribution in [0.3, 0.4) is 0 Å². The summed E-state index contributed by atoms with van der Waals surface area (Å²) in [4.78, 5) is 13.1. The topological polar surface area (TPSA) is 89.9 Å². The smallest absolute Gasteiger partial charge is 0.206 e. The standard InChI is InChI=1S/C34H32N4O3S/c1-33(2,3)22-8-12-24(13-9-22)41-23-10-6-21(7-11-23)31-35-27-16-14-25(18-28(27)36-31)42(39,40)26-15-17-30-29(19-26)37-32-34(4,5)20-38(30)32/h6-19H,20H2,1-5H3,(H,35,36). The second kappa shape index (κ2) is 9.03. The fourth-order valence-corrected chi connectivity index (χ4v) is 6.90. The number of H-pyrrole nitrogens is 1. The number of rotatable bonds is 5. The Labute approximate surface area is 245 Å². The van der Waals surface area contributed by atoms with Crippen molar-refractivity contribution in [3.05, 3.63) is 96.3 Å². The molecule has 0 atom stereocenters. The zero-order chi connectivity index (χ0) is 29.4. The first-order valence-electron chi connectivity index (χ1n) is 14.0. The lowest BCUT2D eigenvalue weighted by Gasteiger charge is -2.35. The summed E-state index contributed by atoms with van der Waals surface area (Å²) in [7, 11) is -3.75. The summed E-state index contributed by atoms with van der Waals surface area (Å²) < 4.78 is 35.4. The lowest BCUT2D eigenvalue weighted by atomic mass is 9.86. The predicted molar refractivity (Wildman–Crippen MR) is 165 cm³/mol. The van der Waals surface area contributed by atoms with Crippen LogP contribution in [0.25, 0.3) is 33.5 Å². The number of benzene rings is 4. The summed E-state index contributed by atoms with van der Waals surface area (Å²) in [6.07, 6.45) is 0. The van der Waals surface area contributed by atoms with Crippen LogP contribution in [0, 0.1) is 0 Å². The molecule has 0 amide bonds. The van der Waals surface area contributed by atoms with Gasteiger partial charge in [0.1, 0.15) is 23.1 Å². The third kappa shape index (κ3) is 4.38. The van der Waals surface area contributed by atoms with Crippen LogP contribution < -0.4 is 4.74 Å². The number of fused-ring (bicyclic) bond motifs is 4. The van der Waals surface area contributed by atoms with Crippen LogP contribution in [0.4, 0.5) is 0 Å². The lowest BCUT2D eigenvalue weighted by molar-refractivity contribution is 0.311. The molecule has 1 aliphatic heterocycles. The van der Waals surface area contributed by atoms with Crippen molar-refractivity contribution in [1.29, 1.82) is 0 Å². The average Bonchev–Trinajstić information content (AvgIpc) is 3.52. The zero-order valence-electron chi connectivity index (χ0n) is 24.3. The van der Waals surface area contributed by atoms with E-state index in [-0.39, 0.29) is 20.6 Å². The van der Waals surface area contributed by atoms with Gasteiger partial charge in [0.2, 0.25) is 9.84 Å². The minimum Gasteiger partial charge on any atom is -0.457 e. The summed E-state index contributed by atoms with van der Waals surface area (Å²) in [6.45, 7) is 11.7. The first kappa shape index (κ1) is 26.5. The number of hydrogen-bond donors (Lipinski definition) is 1. The number of imidazole rings is 2. The van der Waals surface area contributed by atoms with Crippen molar-refractivity contribution in [2.75, 3.05) is 0 Å². The molecule has 7 nitrogen and oxygen atoms in total. The molecule has 0 fully saturated rings. The summed E-state index contributed by atoms with van der Waals surface area (Å²) >= 11 is 0. The van der Waals surface area contributed by atoms with Gasteiger partial charge in [-0.1, -0.05) is 46.8 Å². The molecule has 7 rings (SSSR count). The van der Waals surface area contributed by atoms with Crippen LogP contribution >= 0.6 is 0 Å². The van der Waals surface area contributed by atoms with Crippen LogP contribution in [0.5, 0.6) is 11.5 Å². The van der Waals surface area contributed by atoms with Gasteiger partial charge < -0.3 is 14.3 Å².